The lowest BCUT2D eigenvalue weighted by molar-refractivity contribution is -0.384. The van der Waals surface area contributed by atoms with Gasteiger partial charge in [0.25, 0.3) is 5.69 Å². The Morgan fingerprint density at radius 1 is 1.20 bits per heavy atom. The number of benzene rings is 2. The van der Waals surface area contributed by atoms with Crippen LogP contribution in [0.3, 0.4) is 0 Å². The Balaban J connectivity index is 1.36. The number of nitro groups is 1. The maximum atomic E-state index is 13.3. The van der Waals surface area contributed by atoms with Gasteiger partial charge in [-0.3, -0.25) is 24.7 Å². The summed E-state index contributed by atoms with van der Waals surface area (Å²) < 4.78 is -0.377. The zero-order valence-electron chi connectivity index (χ0n) is 22.0. The fraction of sp³-hybridized carbons (Fsp3) is 0.429. The van der Waals surface area contributed by atoms with Crippen LogP contribution in [-0.2, 0) is 21.9 Å². The van der Waals surface area contributed by atoms with Crippen molar-refractivity contribution >= 4 is 52.8 Å². The van der Waals surface area contributed by atoms with Crippen LogP contribution < -0.4 is 0 Å². The van der Waals surface area contributed by atoms with Gasteiger partial charge in [-0.2, -0.15) is 0 Å². The van der Waals surface area contributed by atoms with E-state index in [-0.39, 0.29) is 22.5 Å². The molecule has 0 radical (unpaired) electrons. The molecule has 40 heavy (non-hydrogen) atoms. The van der Waals surface area contributed by atoms with Crippen molar-refractivity contribution in [1.82, 2.24) is 9.80 Å². The number of nitrogens with zero attached hydrogens (tertiary/aromatic N) is 3. The summed E-state index contributed by atoms with van der Waals surface area (Å²) in [5.41, 5.74) is 2.04. The average molecular weight is 602 g/mol. The number of nitro benzene ring substituents is 1. The Morgan fingerprint density at radius 2 is 1.93 bits per heavy atom. The molecule has 4 atom stereocenters. The first kappa shape index (κ1) is 29.0. The predicted octanol–water partition coefficient (Wildman–Crippen LogP) is 5.11. The van der Waals surface area contributed by atoms with Crippen molar-refractivity contribution in [3.8, 4) is 0 Å². The quantitative estimate of drug-likeness (QED) is 0.204. The van der Waals surface area contributed by atoms with E-state index < -0.39 is 27.1 Å². The van der Waals surface area contributed by atoms with Gasteiger partial charge in [-0.1, -0.05) is 61.2 Å². The Labute approximate surface area is 245 Å². The lowest BCUT2D eigenvalue weighted by Crippen LogP contribution is -2.68. The molecule has 3 aliphatic rings. The zero-order chi connectivity index (χ0) is 28.4. The van der Waals surface area contributed by atoms with Crippen LogP contribution in [0.5, 0.6) is 0 Å². The SMILES string of the molecule is CC[C@H](O)[C@@H]1C(=O)N2C(C(=O)O)=C(SC3CCCN(Cc4ccccc4)C3)S[C@]12SCc1ccc([N+](=O)[O-])cc1. The molecule has 5 rings (SSSR count). The summed E-state index contributed by atoms with van der Waals surface area (Å²) >= 11 is 4.30. The first-order valence-electron chi connectivity index (χ1n) is 13.2. The van der Waals surface area contributed by atoms with E-state index in [1.165, 1.54) is 57.9 Å². The van der Waals surface area contributed by atoms with Gasteiger partial charge in [0.15, 0.2) is 9.90 Å². The summed E-state index contributed by atoms with van der Waals surface area (Å²) in [7, 11) is 0. The van der Waals surface area contributed by atoms with E-state index in [1.807, 2.05) is 18.2 Å². The summed E-state index contributed by atoms with van der Waals surface area (Å²) in [6.07, 6.45) is 1.42. The summed E-state index contributed by atoms with van der Waals surface area (Å²) in [6, 6.07) is 16.5. The monoisotopic (exact) mass is 601 g/mol. The van der Waals surface area contributed by atoms with Crippen LogP contribution in [0.4, 0.5) is 5.69 Å². The number of hydrogen-bond donors (Lipinski definition) is 2. The van der Waals surface area contributed by atoms with Gasteiger partial charge in [-0.05, 0) is 36.9 Å². The maximum absolute atomic E-state index is 13.3. The highest BCUT2D eigenvalue weighted by Crippen LogP contribution is 2.67. The third-order valence-electron chi connectivity index (χ3n) is 7.43. The van der Waals surface area contributed by atoms with Gasteiger partial charge in [0.1, 0.15) is 5.92 Å². The van der Waals surface area contributed by atoms with E-state index in [0.29, 0.717) is 16.4 Å². The fourth-order valence-electron chi connectivity index (χ4n) is 5.41. The molecule has 0 spiro atoms. The molecule has 2 aromatic rings. The molecule has 2 N–H and O–H groups in total. The molecule has 2 fully saturated rings. The minimum Gasteiger partial charge on any atom is -0.477 e. The molecule has 0 aromatic heterocycles. The number of non-ortho nitro benzene ring substituents is 1. The second kappa shape index (κ2) is 12.2. The Hall–Kier alpha value is -2.51. The van der Waals surface area contributed by atoms with E-state index in [1.54, 1.807) is 19.1 Å². The summed E-state index contributed by atoms with van der Waals surface area (Å²) in [5.74, 6) is -1.87. The molecule has 12 heteroatoms. The number of aliphatic hydroxyl groups excluding tert-OH is 1. The summed E-state index contributed by atoms with van der Waals surface area (Å²) in [4.78, 5) is 40.2. The number of fused-ring (bicyclic) bond motifs is 1. The maximum Gasteiger partial charge on any atom is 0.354 e. The number of aliphatic hydroxyl groups is 1. The molecular weight excluding hydrogens is 571 g/mol. The minimum absolute atomic E-state index is 0.00376. The molecule has 2 saturated heterocycles. The average Bonchev–Trinajstić information content (AvgIpc) is 3.22. The number of amides is 1. The Morgan fingerprint density at radius 3 is 2.58 bits per heavy atom. The molecule has 1 unspecified atom stereocenters. The van der Waals surface area contributed by atoms with Crippen LogP contribution in [0.1, 0.15) is 37.3 Å². The number of aliphatic carboxylic acids is 1. The molecule has 0 aliphatic carbocycles. The molecule has 0 bridgehead atoms. The molecule has 212 valence electrons. The Bertz CT molecular complexity index is 1310. The zero-order valence-corrected chi connectivity index (χ0v) is 24.4. The van der Waals surface area contributed by atoms with Gasteiger partial charge in [0, 0.05) is 36.2 Å². The molecule has 9 nitrogen and oxygen atoms in total. The van der Waals surface area contributed by atoms with Crippen LogP contribution in [0.15, 0.2) is 64.5 Å². The van der Waals surface area contributed by atoms with Crippen molar-refractivity contribution in [3.05, 3.63) is 85.8 Å². The van der Waals surface area contributed by atoms with Crippen LogP contribution in [0.25, 0.3) is 0 Å². The first-order valence-corrected chi connectivity index (χ1v) is 15.9. The third-order valence-corrected chi connectivity index (χ3v) is 12.1. The second-order valence-corrected chi connectivity index (χ2v) is 14.4. The summed E-state index contributed by atoms with van der Waals surface area (Å²) in [6.45, 7) is 4.43. The van der Waals surface area contributed by atoms with Gasteiger partial charge in [-0.25, -0.2) is 4.79 Å². The predicted molar refractivity (Wildman–Crippen MR) is 158 cm³/mol. The number of β-lactam (4-membered cyclic amide) rings is 1. The number of carbonyl (C=O) groups excluding carboxylic acids is 1. The van der Waals surface area contributed by atoms with Crippen molar-refractivity contribution in [2.75, 3.05) is 13.1 Å². The number of rotatable bonds is 11. The van der Waals surface area contributed by atoms with E-state index in [2.05, 4.69) is 17.0 Å². The number of carbonyl (C=O) groups is 2. The van der Waals surface area contributed by atoms with E-state index in [0.717, 1.165) is 38.0 Å². The second-order valence-electron chi connectivity index (χ2n) is 10.1. The molecular formula is C28H31N3O6S3. The number of likely N-dealkylation sites (tertiary alicyclic amines) is 1. The number of carboxylic acids is 1. The minimum atomic E-state index is -1.15. The van der Waals surface area contributed by atoms with Gasteiger partial charge in [0.05, 0.1) is 15.3 Å². The molecule has 0 saturated carbocycles. The smallest absolute Gasteiger partial charge is 0.354 e. The van der Waals surface area contributed by atoms with Crippen LogP contribution in [-0.4, -0.2) is 65.5 Å². The molecule has 2 aromatic carbocycles. The van der Waals surface area contributed by atoms with Gasteiger partial charge >= 0.3 is 5.97 Å². The number of thioether (sulfide) groups is 3. The third kappa shape index (κ3) is 5.64. The molecule has 3 heterocycles. The number of piperidine rings is 1. The van der Waals surface area contributed by atoms with Crippen molar-refractivity contribution in [2.45, 2.75) is 54.0 Å². The van der Waals surface area contributed by atoms with Gasteiger partial charge < -0.3 is 10.2 Å². The van der Waals surface area contributed by atoms with Crippen molar-refractivity contribution in [2.24, 2.45) is 5.92 Å². The van der Waals surface area contributed by atoms with Crippen LogP contribution >= 0.6 is 35.3 Å². The molecule has 3 aliphatic heterocycles. The van der Waals surface area contributed by atoms with Crippen molar-refractivity contribution in [3.63, 3.8) is 0 Å². The normalized spacial score (nSPS) is 25.4. The standard InChI is InChI=1S/C28H31N3O6S3/c1-2-22(32)23-25(33)30-24(26(34)35)27(39-21-9-6-14-29(16-21)15-18-7-4-3-5-8-18)40-28(23,30)38-17-19-10-12-20(13-11-19)31(36)37/h3-5,7-8,10-13,21-23,32H,2,6,9,14-17H2,1H3,(H,34,35)/t21?,22-,23+,28+/m0/s1. The lowest BCUT2D eigenvalue weighted by Gasteiger charge is -2.53. The van der Waals surface area contributed by atoms with Crippen molar-refractivity contribution < 1.29 is 24.7 Å². The van der Waals surface area contributed by atoms with Crippen molar-refractivity contribution in [1.29, 1.82) is 0 Å². The molecule has 1 amide bonds. The highest BCUT2D eigenvalue weighted by atomic mass is 32.2. The van der Waals surface area contributed by atoms with E-state index in [9.17, 15) is 29.9 Å². The first-order chi connectivity index (χ1) is 19.2. The Kier molecular flexibility index (Phi) is 8.81. The van der Waals surface area contributed by atoms with E-state index >= 15 is 0 Å². The van der Waals surface area contributed by atoms with Gasteiger partial charge in [0.2, 0.25) is 5.91 Å². The largest absolute Gasteiger partial charge is 0.477 e. The van der Waals surface area contributed by atoms with Crippen LogP contribution in [0.2, 0.25) is 0 Å². The topological polar surface area (TPSA) is 124 Å². The van der Waals surface area contributed by atoms with E-state index in [4.69, 9.17) is 0 Å². The number of carboxylic acid groups (broad SMARTS) is 1. The van der Waals surface area contributed by atoms with Crippen LogP contribution in [0, 0.1) is 16.0 Å². The number of hydrogen-bond acceptors (Lipinski definition) is 9. The summed E-state index contributed by atoms with van der Waals surface area (Å²) in [5, 5.41) is 32.3. The highest BCUT2D eigenvalue weighted by Gasteiger charge is 2.69. The van der Waals surface area contributed by atoms with Gasteiger partial charge in [-0.15, -0.1) is 23.5 Å². The highest BCUT2D eigenvalue weighted by molar-refractivity contribution is 8.29. The fourth-order valence-corrected chi connectivity index (χ4v) is 10.9. The lowest BCUT2D eigenvalue weighted by atomic mass is 9.89.